The van der Waals surface area contributed by atoms with Crippen LogP contribution in [-0.4, -0.2) is 23.6 Å². The molecular weight excluding hydrogens is 293 g/mol. The SMILES string of the molecule is CCNC(CSC1CCCC1)Cc1c(F)cccc1Cl. The molecule has 0 aromatic heterocycles. The number of halogens is 2. The highest BCUT2D eigenvalue weighted by molar-refractivity contribution is 7.99. The van der Waals surface area contributed by atoms with Gasteiger partial charge in [0, 0.05) is 27.6 Å². The van der Waals surface area contributed by atoms with Crippen LogP contribution < -0.4 is 5.32 Å². The van der Waals surface area contributed by atoms with E-state index in [1.54, 1.807) is 12.1 Å². The van der Waals surface area contributed by atoms with Crippen LogP contribution in [0.1, 0.15) is 38.2 Å². The molecule has 0 radical (unpaired) electrons. The molecule has 0 bridgehead atoms. The smallest absolute Gasteiger partial charge is 0.127 e. The van der Waals surface area contributed by atoms with Crippen LogP contribution in [0.4, 0.5) is 4.39 Å². The largest absolute Gasteiger partial charge is 0.313 e. The summed E-state index contributed by atoms with van der Waals surface area (Å²) in [4.78, 5) is 0. The standard InChI is InChI=1S/C16H23ClFNS/c1-2-19-12(11-20-13-6-3-4-7-13)10-14-15(17)8-5-9-16(14)18/h5,8-9,12-13,19H,2-4,6-7,10-11H2,1H3. The van der Waals surface area contributed by atoms with Gasteiger partial charge in [-0.15, -0.1) is 0 Å². The molecule has 1 N–H and O–H groups in total. The van der Waals surface area contributed by atoms with Crippen LogP contribution in [0, 0.1) is 5.82 Å². The predicted molar refractivity (Wildman–Crippen MR) is 87.3 cm³/mol. The zero-order valence-electron chi connectivity index (χ0n) is 12.0. The van der Waals surface area contributed by atoms with Crippen LogP contribution in [0.3, 0.4) is 0 Å². The number of benzene rings is 1. The molecule has 112 valence electrons. The number of hydrogen-bond donors (Lipinski definition) is 1. The van der Waals surface area contributed by atoms with E-state index >= 15 is 0 Å². The topological polar surface area (TPSA) is 12.0 Å². The lowest BCUT2D eigenvalue weighted by molar-refractivity contribution is 0.545. The van der Waals surface area contributed by atoms with E-state index in [-0.39, 0.29) is 5.82 Å². The van der Waals surface area contributed by atoms with Gasteiger partial charge in [0.2, 0.25) is 0 Å². The van der Waals surface area contributed by atoms with Gasteiger partial charge >= 0.3 is 0 Å². The molecule has 1 atom stereocenters. The van der Waals surface area contributed by atoms with Crippen molar-refractivity contribution in [1.29, 1.82) is 0 Å². The van der Waals surface area contributed by atoms with Gasteiger partial charge in [-0.25, -0.2) is 4.39 Å². The van der Waals surface area contributed by atoms with Gasteiger partial charge in [-0.1, -0.05) is 37.4 Å². The van der Waals surface area contributed by atoms with Gasteiger partial charge in [0.25, 0.3) is 0 Å². The third-order valence-corrected chi connectivity index (χ3v) is 5.73. The van der Waals surface area contributed by atoms with Crippen molar-refractivity contribution in [2.75, 3.05) is 12.3 Å². The summed E-state index contributed by atoms with van der Waals surface area (Å²) in [6.07, 6.45) is 6.07. The lowest BCUT2D eigenvalue weighted by Gasteiger charge is -2.20. The lowest BCUT2D eigenvalue weighted by Crippen LogP contribution is -2.34. The minimum atomic E-state index is -0.189. The number of hydrogen-bond acceptors (Lipinski definition) is 2. The van der Waals surface area contributed by atoms with Crippen molar-refractivity contribution >= 4 is 23.4 Å². The molecule has 0 amide bonds. The van der Waals surface area contributed by atoms with Crippen molar-refractivity contribution in [3.05, 3.63) is 34.6 Å². The molecule has 1 nitrogen and oxygen atoms in total. The molecule has 1 saturated carbocycles. The number of likely N-dealkylation sites (N-methyl/N-ethyl adjacent to an activating group) is 1. The maximum absolute atomic E-state index is 13.9. The normalized spacial score (nSPS) is 17.6. The Labute approximate surface area is 130 Å². The maximum atomic E-state index is 13.9. The fourth-order valence-electron chi connectivity index (χ4n) is 2.76. The molecule has 0 heterocycles. The number of thioether (sulfide) groups is 1. The Morgan fingerprint density at radius 2 is 2.15 bits per heavy atom. The molecule has 0 spiro atoms. The van der Waals surface area contributed by atoms with Crippen LogP contribution in [0.5, 0.6) is 0 Å². The Bertz CT molecular complexity index is 401. The van der Waals surface area contributed by atoms with Crippen LogP contribution >= 0.6 is 23.4 Å². The van der Waals surface area contributed by atoms with Crippen LogP contribution in [-0.2, 0) is 6.42 Å². The summed E-state index contributed by atoms with van der Waals surface area (Å²) in [6, 6.07) is 5.22. The van der Waals surface area contributed by atoms with E-state index in [0.29, 0.717) is 23.0 Å². The average molecular weight is 316 g/mol. The second kappa shape index (κ2) is 8.26. The van der Waals surface area contributed by atoms with Crippen LogP contribution in [0.25, 0.3) is 0 Å². The minimum absolute atomic E-state index is 0.189. The summed E-state index contributed by atoms with van der Waals surface area (Å²) in [5, 5.41) is 4.80. The average Bonchev–Trinajstić information content (AvgIpc) is 2.93. The molecule has 0 saturated heterocycles. The van der Waals surface area contributed by atoms with E-state index in [2.05, 4.69) is 12.2 Å². The van der Waals surface area contributed by atoms with Gasteiger partial charge in [-0.2, -0.15) is 11.8 Å². The molecule has 1 unspecified atom stereocenters. The Morgan fingerprint density at radius 3 is 2.80 bits per heavy atom. The first-order valence-corrected chi connectivity index (χ1v) is 8.91. The summed E-state index contributed by atoms with van der Waals surface area (Å²) in [7, 11) is 0. The van der Waals surface area contributed by atoms with Crippen molar-refractivity contribution in [3.8, 4) is 0 Å². The summed E-state index contributed by atoms with van der Waals surface area (Å²) in [5.41, 5.74) is 0.645. The van der Waals surface area contributed by atoms with Crippen molar-refractivity contribution < 1.29 is 4.39 Å². The molecule has 1 aromatic rings. The molecule has 1 aliphatic rings. The highest BCUT2D eigenvalue weighted by atomic mass is 35.5. The van der Waals surface area contributed by atoms with Gasteiger partial charge in [0.05, 0.1) is 0 Å². The van der Waals surface area contributed by atoms with E-state index < -0.39 is 0 Å². The Balaban J connectivity index is 1.93. The van der Waals surface area contributed by atoms with Crippen molar-refractivity contribution in [2.45, 2.75) is 50.3 Å². The first-order chi connectivity index (χ1) is 9.70. The van der Waals surface area contributed by atoms with Crippen molar-refractivity contribution in [2.24, 2.45) is 0 Å². The van der Waals surface area contributed by atoms with Crippen LogP contribution in [0.2, 0.25) is 5.02 Å². The maximum Gasteiger partial charge on any atom is 0.127 e. The van der Waals surface area contributed by atoms with Gasteiger partial charge < -0.3 is 5.32 Å². The van der Waals surface area contributed by atoms with Gasteiger partial charge in [0.1, 0.15) is 5.82 Å². The molecule has 20 heavy (non-hydrogen) atoms. The van der Waals surface area contributed by atoms with Gasteiger partial charge in [-0.3, -0.25) is 0 Å². The first kappa shape index (κ1) is 16.1. The van der Waals surface area contributed by atoms with E-state index in [0.717, 1.165) is 17.5 Å². The van der Waals surface area contributed by atoms with Gasteiger partial charge in [-0.05, 0) is 37.9 Å². The summed E-state index contributed by atoms with van der Waals surface area (Å²) >= 11 is 8.16. The molecule has 1 fully saturated rings. The highest BCUT2D eigenvalue weighted by Crippen LogP contribution is 2.30. The van der Waals surface area contributed by atoms with Crippen molar-refractivity contribution in [3.63, 3.8) is 0 Å². The number of rotatable bonds is 7. The van der Waals surface area contributed by atoms with Crippen LogP contribution in [0.15, 0.2) is 18.2 Å². The Morgan fingerprint density at radius 1 is 1.40 bits per heavy atom. The van der Waals surface area contributed by atoms with E-state index in [9.17, 15) is 4.39 Å². The van der Waals surface area contributed by atoms with E-state index in [4.69, 9.17) is 11.6 Å². The first-order valence-electron chi connectivity index (χ1n) is 7.48. The fraction of sp³-hybridized carbons (Fsp3) is 0.625. The second-order valence-electron chi connectivity index (χ2n) is 5.40. The highest BCUT2D eigenvalue weighted by Gasteiger charge is 2.19. The predicted octanol–water partition coefficient (Wildman–Crippen LogP) is 4.68. The lowest BCUT2D eigenvalue weighted by atomic mass is 10.1. The third kappa shape index (κ3) is 4.64. The third-order valence-electron chi connectivity index (χ3n) is 3.84. The quantitative estimate of drug-likeness (QED) is 0.784. The van der Waals surface area contributed by atoms with E-state index in [1.165, 1.54) is 31.7 Å². The summed E-state index contributed by atoms with van der Waals surface area (Å²) < 4.78 is 13.9. The van der Waals surface area contributed by atoms with Crippen molar-refractivity contribution in [1.82, 2.24) is 5.32 Å². The molecule has 4 heteroatoms. The van der Waals surface area contributed by atoms with Gasteiger partial charge in [0.15, 0.2) is 0 Å². The summed E-state index contributed by atoms with van der Waals surface area (Å²) in [6.45, 7) is 3.00. The minimum Gasteiger partial charge on any atom is -0.313 e. The monoisotopic (exact) mass is 315 g/mol. The zero-order valence-corrected chi connectivity index (χ0v) is 13.6. The van der Waals surface area contributed by atoms with E-state index in [1.807, 2.05) is 11.8 Å². The molecule has 0 aliphatic heterocycles. The Kier molecular flexibility index (Phi) is 6.66. The molecule has 1 aromatic carbocycles. The fourth-order valence-corrected chi connectivity index (χ4v) is 4.41. The second-order valence-corrected chi connectivity index (χ2v) is 7.14. The number of nitrogens with one attached hydrogen (secondary N) is 1. The zero-order chi connectivity index (χ0) is 14.4. The molecule has 2 rings (SSSR count). The summed E-state index contributed by atoms with van der Waals surface area (Å²) in [5.74, 6) is 0.842. The molecular formula is C16H23ClFNS. The molecule has 1 aliphatic carbocycles. The Hall–Kier alpha value is -0.250.